The second kappa shape index (κ2) is 7.52. The number of carbonyl (C=O) groups is 2. The van der Waals surface area contributed by atoms with Gasteiger partial charge in [0.1, 0.15) is 6.04 Å². The molecule has 6 heteroatoms. The molecule has 0 heterocycles. The molecule has 4 N–H and O–H groups in total. The van der Waals surface area contributed by atoms with Crippen LogP contribution >= 0.6 is 0 Å². The highest BCUT2D eigenvalue weighted by Crippen LogP contribution is 2.25. The van der Waals surface area contributed by atoms with Gasteiger partial charge in [0.25, 0.3) is 0 Å². The standard InChI is InChI=1S/C15H21NO5/c1-9(2)3-6-14(19)16-11(15(20)21)7-10-4-5-12(17)13(18)8-10/h4-5,8-9,11,17-18H,3,6-7H2,1-2H3,(H,16,19)(H,20,21). The Labute approximate surface area is 123 Å². The predicted molar refractivity (Wildman–Crippen MR) is 77.1 cm³/mol. The lowest BCUT2D eigenvalue weighted by atomic mass is 10.0. The molecule has 0 saturated heterocycles. The first-order chi connectivity index (χ1) is 9.79. The molecule has 21 heavy (non-hydrogen) atoms. The second-order valence-electron chi connectivity index (χ2n) is 5.42. The molecule has 1 unspecified atom stereocenters. The molecular weight excluding hydrogens is 274 g/mol. The van der Waals surface area contributed by atoms with Gasteiger partial charge in [-0.3, -0.25) is 4.79 Å². The molecular formula is C15H21NO5. The number of carboxylic acid groups (broad SMARTS) is 1. The molecule has 1 amide bonds. The number of phenols is 2. The van der Waals surface area contributed by atoms with Crippen molar-refractivity contribution in [3.8, 4) is 11.5 Å². The number of hydrogen-bond acceptors (Lipinski definition) is 4. The van der Waals surface area contributed by atoms with Gasteiger partial charge >= 0.3 is 5.97 Å². The van der Waals surface area contributed by atoms with Crippen molar-refractivity contribution in [2.45, 2.75) is 39.2 Å². The molecule has 1 aromatic rings. The molecule has 1 aromatic carbocycles. The first kappa shape index (κ1) is 16.8. The third kappa shape index (κ3) is 5.72. The van der Waals surface area contributed by atoms with E-state index in [1.54, 1.807) is 0 Å². The molecule has 0 radical (unpaired) electrons. The topological polar surface area (TPSA) is 107 Å². The summed E-state index contributed by atoms with van der Waals surface area (Å²) in [5, 5.41) is 30.2. The molecule has 1 atom stereocenters. The number of rotatable bonds is 7. The fourth-order valence-corrected chi connectivity index (χ4v) is 1.82. The molecule has 1 rings (SSSR count). The van der Waals surface area contributed by atoms with Gasteiger partial charge in [0.15, 0.2) is 11.5 Å². The highest BCUT2D eigenvalue weighted by molar-refractivity contribution is 5.83. The number of phenolic OH excluding ortho intramolecular Hbond substituents is 2. The van der Waals surface area contributed by atoms with Crippen LogP contribution in [0.25, 0.3) is 0 Å². The Bertz CT molecular complexity index is 513. The third-order valence-electron chi connectivity index (χ3n) is 3.06. The summed E-state index contributed by atoms with van der Waals surface area (Å²) < 4.78 is 0. The zero-order chi connectivity index (χ0) is 16.0. The Morgan fingerprint density at radius 2 is 1.86 bits per heavy atom. The summed E-state index contributed by atoms with van der Waals surface area (Å²) in [6.45, 7) is 3.97. The van der Waals surface area contributed by atoms with Crippen LogP contribution in [0.5, 0.6) is 11.5 Å². The summed E-state index contributed by atoms with van der Waals surface area (Å²) >= 11 is 0. The smallest absolute Gasteiger partial charge is 0.326 e. The normalized spacial score (nSPS) is 12.1. The van der Waals surface area contributed by atoms with Crippen molar-refractivity contribution in [1.29, 1.82) is 0 Å². The Hall–Kier alpha value is -2.24. The minimum absolute atomic E-state index is 0.0383. The number of hydrogen-bond donors (Lipinski definition) is 4. The van der Waals surface area contributed by atoms with Gasteiger partial charge in [-0.25, -0.2) is 4.79 Å². The molecule has 0 aliphatic carbocycles. The number of benzene rings is 1. The van der Waals surface area contributed by atoms with E-state index in [0.29, 0.717) is 17.9 Å². The van der Waals surface area contributed by atoms with Crippen LogP contribution in [-0.4, -0.2) is 33.2 Å². The fourth-order valence-electron chi connectivity index (χ4n) is 1.82. The van der Waals surface area contributed by atoms with Crippen LogP contribution in [0.3, 0.4) is 0 Å². The minimum Gasteiger partial charge on any atom is -0.504 e. The molecule has 116 valence electrons. The van der Waals surface area contributed by atoms with Crippen molar-refractivity contribution in [2.75, 3.05) is 0 Å². The number of aromatic hydroxyl groups is 2. The zero-order valence-corrected chi connectivity index (χ0v) is 12.2. The molecule has 0 bridgehead atoms. The SMILES string of the molecule is CC(C)CCC(=O)NC(Cc1ccc(O)c(O)c1)C(=O)O. The predicted octanol–water partition coefficient (Wildman–Crippen LogP) is 1.65. The monoisotopic (exact) mass is 295 g/mol. The van der Waals surface area contributed by atoms with Crippen molar-refractivity contribution in [1.82, 2.24) is 5.32 Å². The Kier molecular flexibility index (Phi) is 6.02. The van der Waals surface area contributed by atoms with Gasteiger partial charge in [-0.2, -0.15) is 0 Å². The molecule has 0 fully saturated rings. The summed E-state index contributed by atoms with van der Waals surface area (Å²) in [6, 6.07) is 3.01. The number of amides is 1. The molecule has 0 aromatic heterocycles. The van der Waals surface area contributed by atoms with Gasteiger partial charge in [-0.1, -0.05) is 19.9 Å². The summed E-state index contributed by atoms with van der Waals surface area (Å²) in [7, 11) is 0. The molecule has 0 saturated carbocycles. The molecule has 0 spiro atoms. The first-order valence-electron chi connectivity index (χ1n) is 6.82. The average molecular weight is 295 g/mol. The van der Waals surface area contributed by atoms with Crippen LogP contribution < -0.4 is 5.32 Å². The molecule has 0 aliphatic rings. The summed E-state index contributed by atoms with van der Waals surface area (Å²) in [6.07, 6.45) is 1.01. The van der Waals surface area contributed by atoms with Gasteiger partial charge in [-0.15, -0.1) is 0 Å². The first-order valence-corrected chi connectivity index (χ1v) is 6.82. The largest absolute Gasteiger partial charge is 0.504 e. The summed E-state index contributed by atoms with van der Waals surface area (Å²) in [4.78, 5) is 22.9. The van der Waals surface area contributed by atoms with E-state index < -0.39 is 12.0 Å². The summed E-state index contributed by atoms with van der Waals surface area (Å²) in [5.41, 5.74) is 0.516. The zero-order valence-electron chi connectivity index (χ0n) is 12.2. The van der Waals surface area contributed by atoms with E-state index in [0.717, 1.165) is 0 Å². The number of carboxylic acids is 1. The lowest BCUT2D eigenvalue weighted by Crippen LogP contribution is -2.42. The number of aliphatic carboxylic acids is 1. The van der Waals surface area contributed by atoms with Gasteiger partial charge in [0.05, 0.1) is 0 Å². The van der Waals surface area contributed by atoms with Crippen molar-refractivity contribution < 1.29 is 24.9 Å². The van der Waals surface area contributed by atoms with Crippen molar-refractivity contribution >= 4 is 11.9 Å². The van der Waals surface area contributed by atoms with Crippen molar-refractivity contribution in [2.24, 2.45) is 5.92 Å². The van der Waals surface area contributed by atoms with Gasteiger partial charge in [-0.05, 0) is 30.0 Å². The van der Waals surface area contributed by atoms with Gasteiger partial charge < -0.3 is 20.6 Å². The number of carbonyl (C=O) groups excluding carboxylic acids is 1. The van der Waals surface area contributed by atoms with E-state index in [-0.39, 0.29) is 30.2 Å². The van der Waals surface area contributed by atoms with Crippen molar-refractivity contribution in [3.63, 3.8) is 0 Å². The number of nitrogens with one attached hydrogen (secondary N) is 1. The van der Waals surface area contributed by atoms with Crippen molar-refractivity contribution in [3.05, 3.63) is 23.8 Å². The van der Waals surface area contributed by atoms with Crippen LogP contribution in [0, 0.1) is 5.92 Å². The van der Waals surface area contributed by atoms with E-state index >= 15 is 0 Å². The second-order valence-corrected chi connectivity index (χ2v) is 5.42. The lowest BCUT2D eigenvalue weighted by Gasteiger charge is -2.15. The van der Waals surface area contributed by atoms with Crippen LogP contribution in [0.15, 0.2) is 18.2 Å². The van der Waals surface area contributed by atoms with E-state index in [2.05, 4.69) is 5.32 Å². The Balaban J connectivity index is 2.67. The van der Waals surface area contributed by atoms with E-state index in [4.69, 9.17) is 5.11 Å². The molecule has 0 aliphatic heterocycles. The van der Waals surface area contributed by atoms with Gasteiger partial charge in [0, 0.05) is 12.8 Å². The quantitative estimate of drug-likeness (QED) is 0.572. The van der Waals surface area contributed by atoms with Crippen LogP contribution in [0.2, 0.25) is 0 Å². The fraction of sp³-hybridized carbons (Fsp3) is 0.467. The Morgan fingerprint density at radius 3 is 2.38 bits per heavy atom. The summed E-state index contributed by atoms with van der Waals surface area (Å²) in [5.74, 6) is -1.66. The third-order valence-corrected chi connectivity index (χ3v) is 3.06. The highest BCUT2D eigenvalue weighted by Gasteiger charge is 2.20. The maximum Gasteiger partial charge on any atom is 0.326 e. The van der Waals surface area contributed by atoms with Crippen LogP contribution in [0.1, 0.15) is 32.3 Å². The maximum absolute atomic E-state index is 11.7. The molecule has 6 nitrogen and oxygen atoms in total. The van der Waals surface area contributed by atoms with Crippen LogP contribution in [0.4, 0.5) is 0 Å². The average Bonchev–Trinajstić information content (AvgIpc) is 2.39. The van der Waals surface area contributed by atoms with E-state index in [1.165, 1.54) is 18.2 Å². The van der Waals surface area contributed by atoms with E-state index in [1.807, 2.05) is 13.8 Å². The van der Waals surface area contributed by atoms with Gasteiger partial charge in [0.2, 0.25) is 5.91 Å². The maximum atomic E-state index is 11.7. The van der Waals surface area contributed by atoms with E-state index in [9.17, 15) is 19.8 Å². The van der Waals surface area contributed by atoms with Crippen LogP contribution in [-0.2, 0) is 16.0 Å². The highest BCUT2D eigenvalue weighted by atomic mass is 16.4. The lowest BCUT2D eigenvalue weighted by molar-refractivity contribution is -0.141. The minimum atomic E-state index is -1.14. The Morgan fingerprint density at radius 1 is 1.19 bits per heavy atom.